The van der Waals surface area contributed by atoms with Gasteiger partial charge in [-0.15, -0.1) is 10.2 Å². The van der Waals surface area contributed by atoms with Crippen LogP contribution < -0.4 is 69.7 Å². The van der Waals surface area contributed by atoms with Crippen LogP contribution in [0.1, 0.15) is 13.8 Å². The number of hydrogen-bond acceptors (Lipinski definition) is 16. The summed E-state index contributed by atoms with van der Waals surface area (Å²) in [6.45, 7) is 3.13. The molecule has 1 aliphatic heterocycles. The third-order valence-corrected chi connectivity index (χ3v) is 8.07. The van der Waals surface area contributed by atoms with E-state index in [4.69, 9.17) is 0 Å². The van der Waals surface area contributed by atoms with Crippen molar-refractivity contribution in [1.29, 1.82) is 0 Å². The van der Waals surface area contributed by atoms with Gasteiger partial charge in [0.05, 0.1) is 42.4 Å². The van der Waals surface area contributed by atoms with E-state index in [1.54, 1.807) is 13.8 Å². The van der Waals surface area contributed by atoms with Gasteiger partial charge in [-0.1, -0.05) is 0 Å². The van der Waals surface area contributed by atoms with Gasteiger partial charge in [0.2, 0.25) is 0 Å². The Labute approximate surface area is 310 Å². The van der Waals surface area contributed by atoms with Crippen molar-refractivity contribution in [3.63, 3.8) is 0 Å². The molecule has 1 aliphatic rings. The number of nitrogens with one attached hydrogen (secondary N) is 2. The van der Waals surface area contributed by atoms with Crippen LogP contribution in [0.2, 0.25) is 0 Å². The number of nitrogens with zero attached hydrogens (tertiary/aromatic N) is 6. The Kier molecular flexibility index (Phi) is 11.3. The predicted molar refractivity (Wildman–Crippen MR) is 156 cm³/mol. The second-order valence-corrected chi connectivity index (χ2v) is 12.7. The summed E-state index contributed by atoms with van der Waals surface area (Å²) in [5.41, 5.74) is -2.67. The van der Waals surface area contributed by atoms with Crippen molar-refractivity contribution in [1.82, 2.24) is 0 Å². The zero-order chi connectivity index (χ0) is 32.9. The molecule has 47 heavy (non-hydrogen) atoms. The van der Waals surface area contributed by atoms with Crippen LogP contribution in [0.15, 0.2) is 90.9 Å². The zero-order valence-electron chi connectivity index (χ0n) is 24.9. The average Bonchev–Trinajstić information content (AvgIpc) is 2.94. The Hall–Kier alpha value is -3.44. The van der Waals surface area contributed by atoms with Gasteiger partial charge in [-0.2, -0.15) is 10.2 Å². The van der Waals surface area contributed by atoms with E-state index in [9.17, 15) is 46.2 Å². The molecule has 18 nitrogen and oxygen atoms in total. The van der Waals surface area contributed by atoms with E-state index >= 15 is 0 Å². The molecule has 0 saturated heterocycles. The molecule has 0 atom stereocenters. The van der Waals surface area contributed by atoms with Crippen molar-refractivity contribution in [2.45, 2.75) is 29.3 Å². The van der Waals surface area contributed by atoms with Crippen molar-refractivity contribution in [2.75, 3.05) is 10.6 Å². The largest absolute Gasteiger partial charge is 1.00 e. The standard InChI is InChI=1S/C25H20N8O10S2.2Na/c1-25(2)26-23-20-13(11-18(44(38,39)40)21(23)30-28-14-3-7-16(8-4-14)32(34)35)12-19(45(41,42)43)22(24(20)27-25)31-29-15-5-9-17(10-6-15)33(36)37;;/h3-12,26-27H,1-2H3,(H,38,39,40)(H,41,42,43);;/q;2*+1/p-2. The van der Waals surface area contributed by atoms with Gasteiger partial charge in [-0.05, 0) is 55.6 Å². The molecule has 2 N–H and O–H groups in total. The molecule has 0 aliphatic carbocycles. The number of benzene rings is 4. The van der Waals surface area contributed by atoms with Crippen LogP contribution in [-0.2, 0) is 20.2 Å². The molecule has 0 spiro atoms. The van der Waals surface area contributed by atoms with Gasteiger partial charge in [0.25, 0.3) is 11.4 Å². The molecule has 22 heteroatoms. The van der Waals surface area contributed by atoms with Crippen LogP contribution in [0.5, 0.6) is 0 Å². The molecule has 0 saturated carbocycles. The van der Waals surface area contributed by atoms with E-state index < -0.39 is 56.9 Å². The van der Waals surface area contributed by atoms with E-state index in [1.165, 1.54) is 24.3 Å². The van der Waals surface area contributed by atoms with E-state index in [-0.39, 0.29) is 104 Å². The summed E-state index contributed by atoms with van der Waals surface area (Å²) < 4.78 is 74.4. The third-order valence-electron chi connectivity index (χ3n) is 6.37. The maximum Gasteiger partial charge on any atom is 1.00 e. The van der Waals surface area contributed by atoms with E-state index in [2.05, 4.69) is 31.1 Å². The molecule has 0 radical (unpaired) electrons. The van der Waals surface area contributed by atoms with Crippen molar-refractivity contribution < 1.29 is 94.9 Å². The first-order chi connectivity index (χ1) is 20.9. The molecule has 4 aromatic carbocycles. The molecule has 0 aromatic heterocycles. The molecular weight excluding hydrogens is 682 g/mol. The second-order valence-electron chi connectivity index (χ2n) is 10.0. The maximum atomic E-state index is 12.4. The van der Waals surface area contributed by atoms with Gasteiger partial charge in [-0.3, -0.25) is 20.2 Å². The first-order valence-electron chi connectivity index (χ1n) is 12.4. The monoisotopic (exact) mass is 700 g/mol. The summed E-state index contributed by atoms with van der Waals surface area (Å²) in [5.74, 6) is 0. The quantitative estimate of drug-likeness (QED) is 0.0800. The van der Waals surface area contributed by atoms with Crippen LogP contribution in [-0.4, -0.2) is 41.5 Å². The number of anilines is 2. The molecule has 5 rings (SSSR count). The topological polar surface area (TPSA) is 274 Å². The van der Waals surface area contributed by atoms with Crippen LogP contribution >= 0.6 is 0 Å². The van der Waals surface area contributed by atoms with Gasteiger partial charge in [0.15, 0.2) is 0 Å². The molecule has 4 aromatic rings. The number of nitro benzene ring substituents is 2. The Morgan fingerprint density at radius 2 is 0.979 bits per heavy atom. The molecule has 0 unspecified atom stereocenters. The second kappa shape index (κ2) is 14.0. The maximum absolute atomic E-state index is 12.4. The Morgan fingerprint density at radius 3 is 1.28 bits per heavy atom. The predicted octanol–water partition coefficient (Wildman–Crippen LogP) is -0.123. The smallest absolute Gasteiger partial charge is 0.744 e. The first-order valence-corrected chi connectivity index (χ1v) is 15.2. The summed E-state index contributed by atoms with van der Waals surface area (Å²) in [4.78, 5) is 18.9. The van der Waals surface area contributed by atoms with Crippen LogP contribution in [0, 0.1) is 20.2 Å². The fourth-order valence-electron chi connectivity index (χ4n) is 4.48. The van der Waals surface area contributed by atoms with Crippen molar-refractivity contribution >= 4 is 76.5 Å². The Balaban J connectivity index is 0.00000300. The first kappa shape index (κ1) is 38.0. The van der Waals surface area contributed by atoms with Crippen molar-refractivity contribution in [3.05, 3.63) is 80.9 Å². The molecule has 232 valence electrons. The third kappa shape index (κ3) is 8.17. The van der Waals surface area contributed by atoms with Crippen molar-refractivity contribution in [2.24, 2.45) is 20.5 Å². The normalized spacial score (nSPS) is 13.8. The number of non-ortho nitro benzene ring substituents is 2. The van der Waals surface area contributed by atoms with E-state index in [1.807, 2.05) is 0 Å². The summed E-state index contributed by atoms with van der Waals surface area (Å²) >= 11 is 0. The zero-order valence-corrected chi connectivity index (χ0v) is 30.5. The van der Waals surface area contributed by atoms with E-state index in [0.717, 1.165) is 36.4 Å². The minimum Gasteiger partial charge on any atom is -0.744 e. The average molecular weight is 701 g/mol. The molecular formula is C25H18N8Na2O10S2. The van der Waals surface area contributed by atoms with Gasteiger partial charge in [0, 0.05) is 29.7 Å². The van der Waals surface area contributed by atoms with Crippen LogP contribution in [0.25, 0.3) is 10.8 Å². The van der Waals surface area contributed by atoms with Crippen molar-refractivity contribution in [3.8, 4) is 0 Å². The van der Waals surface area contributed by atoms with Crippen LogP contribution in [0.3, 0.4) is 0 Å². The number of rotatable bonds is 8. The molecule has 0 fully saturated rings. The number of hydrogen-bond donors (Lipinski definition) is 2. The molecule has 0 bridgehead atoms. The van der Waals surface area contributed by atoms with Gasteiger partial charge in [0.1, 0.15) is 37.3 Å². The van der Waals surface area contributed by atoms with E-state index in [0.29, 0.717) is 0 Å². The minimum atomic E-state index is -5.29. The fraction of sp³-hybridized carbons (Fsp3) is 0.120. The summed E-state index contributed by atoms with van der Waals surface area (Å²) in [6, 6.07) is 11.2. The van der Waals surface area contributed by atoms with Gasteiger partial charge >= 0.3 is 59.1 Å². The number of azo groups is 2. The SMILES string of the molecule is CC1(C)Nc2c(N=Nc3ccc([N+](=O)[O-])cc3)c(S(=O)(=O)[O-])cc3cc(S(=O)(=O)[O-])c(N=Nc4ccc([N+](=O)[O-])cc4)c(c23)N1.[Na+].[Na+]. The number of nitro groups is 2. The van der Waals surface area contributed by atoms with Gasteiger partial charge in [-0.25, -0.2) is 16.8 Å². The fourth-order valence-corrected chi connectivity index (χ4v) is 5.78. The summed E-state index contributed by atoms with van der Waals surface area (Å²) in [5, 5.41) is 43.7. The summed E-state index contributed by atoms with van der Waals surface area (Å²) in [7, 11) is -10.6. The Morgan fingerprint density at radius 1 is 0.638 bits per heavy atom. The Bertz CT molecular complexity index is 2050. The van der Waals surface area contributed by atoms with Gasteiger partial charge < -0.3 is 19.7 Å². The molecule has 1 heterocycles. The van der Waals surface area contributed by atoms with Crippen LogP contribution in [0.4, 0.5) is 45.5 Å². The summed E-state index contributed by atoms with van der Waals surface area (Å²) in [6.07, 6.45) is 0. The molecule has 0 amide bonds. The minimum absolute atomic E-state index is 0.